The Labute approximate surface area is 155 Å². The molecule has 128 valence electrons. The number of halogens is 1. The lowest BCUT2D eigenvalue weighted by Gasteiger charge is -2.09. The van der Waals surface area contributed by atoms with Gasteiger partial charge in [0.2, 0.25) is 0 Å². The summed E-state index contributed by atoms with van der Waals surface area (Å²) in [5, 5.41) is 7.23. The molecular formula is C21H16ClN3O. The molecule has 3 N–H and O–H groups in total. The number of anilines is 2. The van der Waals surface area contributed by atoms with Gasteiger partial charge in [-0.3, -0.25) is 0 Å². The third-order valence-electron chi connectivity index (χ3n) is 4.08. The third-order valence-corrected chi connectivity index (χ3v) is 4.41. The Hall–Kier alpha value is -3.24. The standard InChI is InChI=1S/C21H16ClN3O/c22-17-9-2-4-11-19(17)25-21(26)23-16-8-5-7-14(12-16)20-13-15-6-1-3-10-18(15)24-20/h1-13,24H,(H2,23,25,26). The van der Waals surface area contributed by atoms with Crippen LogP contribution in [0.1, 0.15) is 0 Å². The second-order valence-corrected chi connectivity index (χ2v) is 6.32. The van der Waals surface area contributed by atoms with Crippen molar-refractivity contribution in [3.8, 4) is 11.3 Å². The van der Waals surface area contributed by atoms with Crippen LogP contribution in [0.3, 0.4) is 0 Å². The predicted molar refractivity (Wildman–Crippen MR) is 108 cm³/mol. The van der Waals surface area contributed by atoms with Crippen LogP contribution >= 0.6 is 11.6 Å². The van der Waals surface area contributed by atoms with Crippen molar-refractivity contribution in [1.82, 2.24) is 4.98 Å². The van der Waals surface area contributed by atoms with Crippen LogP contribution in [-0.4, -0.2) is 11.0 Å². The molecule has 2 amide bonds. The molecule has 4 nitrogen and oxygen atoms in total. The molecular weight excluding hydrogens is 346 g/mol. The Kier molecular flexibility index (Phi) is 4.33. The van der Waals surface area contributed by atoms with E-state index in [-0.39, 0.29) is 6.03 Å². The monoisotopic (exact) mass is 361 g/mol. The Morgan fingerprint density at radius 1 is 0.846 bits per heavy atom. The normalized spacial score (nSPS) is 10.7. The largest absolute Gasteiger partial charge is 0.355 e. The van der Waals surface area contributed by atoms with Crippen molar-refractivity contribution in [1.29, 1.82) is 0 Å². The predicted octanol–water partition coefficient (Wildman–Crippen LogP) is 6.13. The summed E-state index contributed by atoms with van der Waals surface area (Å²) in [7, 11) is 0. The quantitative estimate of drug-likeness (QED) is 0.403. The Balaban J connectivity index is 1.54. The highest BCUT2D eigenvalue weighted by molar-refractivity contribution is 6.33. The molecule has 1 aromatic heterocycles. The van der Waals surface area contributed by atoms with E-state index in [2.05, 4.69) is 27.8 Å². The molecule has 0 aliphatic carbocycles. The van der Waals surface area contributed by atoms with Crippen molar-refractivity contribution in [3.63, 3.8) is 0 Å². The van der Waals surface area contributed by atoms with Crippen molar-refractivity contribution in [2.75, 3.05) is 10.6 Å². The first-order valence-corrected chi connectivity index (χ1v) is 8.57. The molecule has 3 aromatic carbocycles. The number of rotatable bonds is 3. The van der Waals surface area contributed by atoms with Crippen LogP contribution in [0.4, 0.5) is 16.2 Å². The maximum atomic E-state index is 12.2. The van der Waals surface area contributed by atoms with Crippen molar-refractivity contribution in [2.45, 2.75) is 0 Å². The zero-order chi connectivity index (χ0) is 17.9. The number of hydrogen-bond donors (Lipinski definition) is 3. The highest BCUT2D eigenvalue weighted by Gasteiger charge is 2.07. The number of urea groups is 1. The molecule has 0 saturated heterocycles. The Morgan fingerprint density at radius 3 is 2.50 bits per heavy atom. The van der Waals surface area contributed by atoms with Crippen molar-refractivity contribution < 1.29 is 4.79 Å². The van der Waals surface area contributed by atoms with Gasteiger partial charge in [0.05, 0.1) is 10.7 Å². The lowest BCUT2D eigenvalue weighted by Crippen LogP contribution is -2.19. The van der Waals surface area contributed by atoms with Crippen LogP contribution in [0, 0.1) is 0 Å². The second-order valence-electron chi connectivity index (χ2n) is 5.91. The zero-order valence-corrected chi connectivity index (χ0v) is 14.5. The number of para-hydroxylation sites is 2. The molecule has 0 radical (unpaired) electrons. The van der Waals surface area contributed by atoms with E-state index in [0.29, 0.717) is 16.4 Å². The first-order chi connectivity index (χ1) is 12.7. The average Bonchev–Trinajstić information content (AvgIpc) is 3.08. The smallest absolute Gasteiger partial charge is 0.323 e. The number of H-pyrrole nitrogens is 1. The lowest BCUT2D eigenvalue weighted by molar-refractivity contribution is 0.262. The van der Waals surface area contributed by atoms with Crippen LogP contribution in [0.2, 0.25) is 5.02 Å². The van der Waals surface area contributed by atoms with E-state index in [1.54, 1.807) is 12.1 Å². The first-order valence-electron chi connectivity index (χ1n) is 8.20. The number of carbonyl (C=O) groups is 1. The molecule has 0 bridgehead atoms. The summed E-state index contributed by atoms with van der Waals surface area (Å²) in [5.41, 5.74) is 4.35. The highest BCUT2D eigenvalue weighted by Crippen LogP contribution is 2.26. The molecule has 0 fully saturated rings. The van der Waals surface area contributed by atoms with E-state index in [1.807, 2.05) is 54.6 Å². The molecule has 26 heavy (non-hydrogen) atoms. The van der Waals surface area contributed by atoms with E-state index < -0.39 is 0 Å². The maximum absolute atomic E-state index is 12.2. The Bertz CT molecular complexity index is 1050. The fraction of sp³-hybridized carbons (Fsp3) is 0. The molecule has 0 atom stereocenters. The van der Waals surface area contributed by atoms with Crippen LogP contribution in [0.25, 0.3) is 22.2 Å². The van der Waals surface area contributed by atoms with Crippen LogP contribution < -0.4 is 10.6 Å². The fourth-order valence-corrected chi connectivity index (χ4v) is 3.02. The van der Waals surface area contributed by atoms with E-state index in [9.17, 15) is 4.79 Å². The fourth-order valence-electron chi connectivity index (χ4n) is 2.84. The summed E-state index contributed by atoms with van der Waals surface area (Å²) in [6.07, 6.45) is 0. The maximum Gasteiger partial charge on any atom is 0.323 e. The van der Waals surface area contributed by atoms with Gasteiger partial charge in [-0.1, -0.05) is 54.1 Å². The van der Waals surface area contributed by atoms with Crippen LogP contribution in [0.5, 0.6) is 0 Å². The van der Waals surface area contributed by atoms with Crippen molar-refractivity contribution in [3.05, 3.63) is 83.9 Å². The van der Waals surface area contributed by atoms with Gasteiger partial charge >= 0.3 is 6.03 Å². The van der Waals surface area contributed by atoms with Gasteiger partial charge in [-0.25, -0.2) is 4.79 Å². The minimum atomic E-state index is -0.341. The molecule has 0 spiro atoms. The number of benzene rings is 3. The number of carbonyl (C=O) groups excluding carboxylic acids is 1. The number of aromatic nitrogens is 1. The summed E-state index contributed by atoms with van der Waals surface area (Å²) in [6.45, 7) is 0. The number of nitrogens with one attached hydrogen (secondary N) is 3. The molecule has 0 saturated carbocycles. The summed E-state index contributed by atoms with van der Waals surface area (Å²) in [4.78, 5) is 15.6. The lowest BCUT2D eigenvalue weighted by atomic mass is 10.1. The van der Waals surface area contributed by atoms with Crippen LogP contribution in [-0.2, 0) is 0 Å². The van der Waals surface area contributed by atoms with E-state index in [1.165, 1.54) is 0 Å². The number of fused-ring (bicyclic) bond motifs is 1. The second kappa shape index (κ2) is 6.94. The first kappa shape index (κ1) is 16.2. The van der Waals surface area contributed by atoms with Gasteiger partial charge in [0.1, 0.15) is 0 Å². The summed E-state index contributed by atoms with van der Waals surface area (Å²) in [5.74, 6) is 0. The van der Waals surface area contributed by atoms with Crippen molar-refractivity contribution >= 4 is 39.9 Å². The number of aromatic amines is 1. The van der Waals surface area contributed by atoms with Gasteiger partial charge in [-0.15, -0.1) is 0 Å². The Morgan fingerprint density at radius 2 is 1.65 bits per heavy atom. The van der Waals surface area contributed by atoms with Gasteiger partial charge in [-0.05, 0) is 36.4 Å². The summed E-state index contributed by atoms with van der Waals surface area (Å²) in [6, 6.07) is 24.7. The SMILES string of the molecule is O=C(Nc1cccc(-c2cc3ccccc3[nH]2)c1)Nc1ccccc1Cl. The van der Waals surface area contributed by atoms with Gasteiger partial charge in [0.15, 0.2) is 0 Å². The van der Waals surface area contributed by atoms with Crippen molar-refractivity contribution in [2.24, 2.45) is 0 Å². The van der Waals surface area contributed by atoms with Gasteiger partial charge in [0, 0.05) is 27.8 Å². The third kappa shape index (κ3) is 3.41. The zero-order valence-electron chi connectivity index (χ0n) is 13.8. The molecule has 0 unspecified atom stereocenters. The van der Waals surface area contributed by atoms with Gasteiger partial charge < -0.3 is 15.6 Å². The number of amides is 2. The molecule has 4 aromatic rings. The highest BCUT2D eigenvalue weighted by atomic mass is 35.5. The molecule has 1 heterocycles. The van der Waals surface area contributed by atoms with Crippen LogP contribution in [0.15, 0.2) is 78.9 Å². The summed E-state index contributed by atoms with van der Waals surface area (Å²) >= 11 is 6.07. The summed E-state index contributed by atoms with van der Waals surface area (Å²) < 4.78 is 0. The average molecular weight is 362 g/mol. The molecule has 0 aliphatic rings. The van der Waals surface area contributed by atoms with E-state index >= 15 is 0 Å². The molecule has 5 heteroatoms. The van der Waals surface area contributed by atoms with E-state index in [4.69, 9.17) is 11.6 Å². The minimum Gasteiger partial charge on any atom is -0.355 e. The molecule has 0 aliphatic heterocycles. The van der Waals surface area contributed by atoms with E-state index in [0.717, 1.165) is 22.2 Å². The molecule has 4 rings (SSSR count). The topological polar surface area (TPSA) is 56.9 Å². The van der Waals surface area contributed by atoms with Gasteiger partial charge in [0.25, 0.3) is 0 Å². The number of hydrogen-bond acceptors (Lipinski definition) is 1. The minimum absolute atomic E-state index is 0.341. The van der Waals surface area contributed by atoms with Gasteiger partial charge in [-0.2, -0.15) is 0 Å².